The Hall–Kier alpha value is -1.60. The molecule has 1 heterocycles. The maximum Gasteiger partial charge on any atom is 0.250 e. The molecule has 3 unspecified atom stereocenters. The number of carbonyl (C=O) groups excluding carboxylic acids is 1. The fourth-order valence-corrected chi connectivity index (χ4v) is 5.85. The Morgan fingerprint density at radius 2 is 1.79 bits per heavy atom. The molecule has 3 aliphatic rings. The maximum atomic E-state index is 12.8. The highest BCUT2D eigenvalue weighted by Gasteiger charge is 2.40. The van der Waals surface area contributed by atoms with Crippen LogP contribution in [0.3, 0.4) is 0 Å². The first-order valence-corrected chi connectivity index (χ1v) is 13.4. The average molecular weight is 460 g/mol. The topological polar surface area (TPSA) is 110 Å². The minimum absolute atomic E-state index is 0.0554. The number of unbranched alkanes of at least 4 members (excludes halogenated alkanes) is 7. The van der Waals surface area contributed by atoms with Gasteiger partial charge in [0, 0.05) is 23.5 Å². The highest BCUT2D eigenvalue weighted by atomic mass is 16.2. The van der Waals surface area contributed by atoms with E-state index in [0.29, 0.717) is 13.1 Å². The second-order valence-electron chi connectivity index (χ2n) is 10.2. The van der Waals surface area contributed by atoms with Crippen molar-refractivity contribution >= 4 is 5.91 Å². The van der Waals surface area contributed by atoms with Crippen LogP contribution in [-0.2, 0) is 4.79 Å². The predicted octanol–water partition coefficient (Wildman–Crippen LogP) is 5.02. The first-order chi connectivity index (χ1) is 16.2. The summed E-state index contributed by atoms with van der Waals surface area (Å²) in [5, 5.41) is 8.60. The number of nitrogens with two attached hydrogens (primary N) is 1. The van der Waals surface area contributed by atoms with Crippen LogP contribution in [0.2, 0.25) is 0 Å². The van der Waals surface area contributed by atoms with Gasteiger partial charge in [-0.3, -0.25) is 20.0 Å². The molecule has 1 aliphatic heterocycles. The first kappa shape index (κ1) is 26.0. The first-order valence-electron chi connectivity index (χ1n) is 13.4. The van der Waals surface area contributed by atoms with Gasteiger partial charge < -0.3 is 0 Å². The number of nitrogens with zero attached hydrogens (tertiary/aromatic N) is 5. The van der Waals surface area contributed by atoms with E-state index in [1.807, 2.05) is 0 Å². The monoisotopic (exact) mass is 459 g/mol. The van der Waals surface area contributed by atoms with Gasteiger partial charge in [0.05, 0.1) is 19.3 Å². The Balaban J connectivity index is 1.24. The molecule has 1 amide bonds. The Labute approximate surface area is 199 Å². The molecule has 3 N–H and O–H groups in total. The van der Waals surface area contributed by atoms with Crippen molar-refractivity contribution in [3.05, 3.63) is 22.6 Å². The number of hydrogen-bond donors (Lipinski definition) is 2. The van der Waals surface area contributed by atoms with Crippen LogP contribution in [0.1, 0.15) is 96.3 Å². The molecular weight excluding hydrogens is 414 g/mol. The number of allylic oxidation sites excluding steroid dienone is 1. The van der Waals surface area contributed by atoms with Gasteiger partial charge >= 0.3 is 0 Å². The van der Waals surface area contributed by atoms with E-state index >= 15 is 0 Å². The Kier molecular flexibility index (Phi) is 11.5. The van der Waals surface area contributed by atoms with Gasteiger partial charge in [0.2, 0.25) is 0 Å². The Morgan fingerprint density at radius 1 is 1.09 bits per heavy atom. The Morgan fingerprint density at radius 3 is 2.52 bits per heavy atom. The molecule has 1 saturated heterocycles. The number of carbonyl (C=O) groups is 1. The van der Waals surface area contributed by atoms with Crippen LogP contribution in [0.15, 0.2) is 17.3 Å². The zero-order chi connectivity index (χ0) is 23.3. The number of azide groups is 1. The minimum atomic E-state index is -0.117. The molecule has 8 heteroatoms. The number of hydrogen-bond acceptors (Lipinski definition) is 5. The second kappa shape index (κ2) is 14.6. The molecule has 0 radical (unpaired) electrons. The van der Waals surface area contributed by atoms with Gasteiger partial charge in [-0.25, -0.2) is 5.84 Å². The molecule has 0 spiro atoms. The van der Waals surface area contributed by atoms with Crippen LogP contribution in [0.25, 0.3) is 10.4 Å². The van der Waals surface area contributed by atoms with Crippen LogP contribution in [0.4, 0.5) is 0 Å². The number of nitrogens with one attached hydrogen (secondary N) is 1. The highest BCUT2D eigenvalue weighted by molar-refractivity contribution is 5.77. The second-order valence-corrected chi connectivity index (χ2v) is 10.2. The molecule has 0 aromatic rings. The molecular formula is C25H45N7O. The lowest BCUT2D eigenvalue weighted by molar-refractivity contribution is -0.133. The third kappa shape index (κ3) is 8.60. The van der Waals surface area contributed by atoms with Crippen molar-refractivity contribution in [2.24, 2.45) is 16.9 Å². The summed E-state index contributed by atoms with van der Waals surface area (Å²) in [6.07, 6.45) is 23.7. The van der Waals surface area contributed by atoms with E-state index in [1.54, 1.807) is 0 Å². The summed E-state index contributed by atoms with van der Waals surface area (Å²) in [7, 11) is 0. The lowest BCUT2D eigenvalue weighted by atomic mass is 9.97. The number of fused-ring (bicyclic) bond motifs is 1. The maximum absolute atomic E-state index is 12.8. The van der Waals surface area contributed by atoms with Gasteiger partial charge in [0.15, 0.2) is 0 Å². The van der Waals surface area contributed by atoms with Crippen LogP contribution in [-0.4, -0.2) is 53.7 Å². The summed E-state index contributed by atoms with van der Waals surface area (Å²) < 4.78 is 0. The van der Waals surface area contributed by atoms with Crippen molar-refractivity contribution in [2.75, 3.05) is 19.6 Å². The lowest BCUT2D eigenvalue weighted by Gasteiger charge is -2.31. The molecule has 0 aromatic carbocycles. The third-order valence-electron chi connectivity index (χ3n) is 7.79. The molecule has 0 aromatic heterocycles. The SMILES string of the molecule is [N-]=[N+]=NCC1NC2C=CCCC2N1CC(=O)N(N)CCCCCCCCCCC1CCCC1. The van der Waals surface area contributed by atoms with E-state index in [-0.39, 0.29) is 30.7 Å². The average Bonchev–Trinajstić information content (AvgIpc) is 3.47. The fraction of sp³-hybridized carbons (Fsp3) is 0.880. The van der Waals surface area contributed by atoms with Gasteiger partial charge in [-0.2, -0.15) is 0 Å². The number of amides is 1. The molecule has 0 bridgehead atoms. The van der Waals surface area contributed by atoms with E-state index in [9.17, 15) is 4.79 Å². The zero-order valence-corrected chi connectivity index (χ0v) is 20.4. The quantitative estimate of drug-likeness (QED) is 0.0523. The van der Waals surface area contributed by atoms with Crippen LogP contribution >= 0.6 is 0 Å². The summed E-state index contributed by atoms with van der Waals surface area (Å²) in [6.45, 7) is 1.19. The van der Waals surface area contributed by atoms with Gasteiger partial charge in [-0.05, 0) is 30.7 Å². The lowest BCUT2D eigenvalue weighted by Crippen LogP contribution is -2.50. The van der Waals surface area contributed by atoms with Crippen molar-refractivity contribution in [1.82, 2.24) is 15.2 Å². The van der Waals surface area contributed by atoms with E-state index in [0.717, 1.165) is 31.6 Å². The number of rotatable bonds is 15. The zero-order valence-electron chi connectivity index (χ0n) is 20.4. The van der Waals surface area contributed by atoms with Crippen molar-refractivity contribution in [2.45, 2.75) is 115 Å². The van der Waals surface area contributed by atoms with Gasteiger partial charge in [-0.15, -0.1) is 0 Å². The van der Waals surface area contributed by atoms with E-state index < -0.39 is 0 Å². The molecule has 186 valence electrons. The molecule has 3 rings (SSSR count). The highest BCUT2D eigenvalue weighted by Crippen LogP contribution is 2.29. The van der Waals surface area contributed by atoms with Crippen molar-refractivity contribution < 1.29 is 4.79 Å². The Bertz CT molecular complexity index is 657. The third-order valence-corrected chi connectivity index (χ3v) is 7.79. The molecule has 8 nitrogen and oxygen atoms in total. The normalized spacial score (nSPS) is 25.2. The largest absolute Gasteiger partial charge is 0.294 e. The predicted molar refractivity (Wildman–Crippen MR) is 133 cm³/mol. The molecule has 2 fully saturated rings. The molecule has 2 aliphatic carbocycles. The summed E-state index contributed by atoms with van der Waals surface area (Å²) in [5.41, 5.74) is 8.70. The number of hydrazine groups is 1. The van der Waals surface area contributed by atoms with Crippen molar-refractivity contribution in [3.63, 3.8) is 0 Å². The summed E-state index contributed by atoms with van der Waals surface area (Å²) >= 11 is 0. The molecule has 1 saturated carbocycles. The summed E-state index contributed by atoms with van der Waals surface area (Å²) in [6, 6.07) is 0.462. The van der Waals surface area contributed by atoms with E-state index in [2.05, 4.69) is 32.4 Å². The summed E-state index contributed by atoms with van der Waals surface area (Å²) in [5.74, 6) is 7.08. The van der Waals surface area contributed by atoms with Gasteiger partial charge in [0.25, 0.3) is 5.91 Å². The van der Waals surface area contributed by atoms with Crippen LogP contribution in [0.5, 0.6) is 0 Å². The smallest absolute Gasteiger partial charge is 0.250 e. The van der Waals surface area contributed by atoms with E-state index in [4.69, 9.17) is 11.4 Å². The van der Waals surface area contributed by atoms with Crippen molar-refractivity contribution in [3.8, 4) is 0 Å². The van der Waals surface area contributed by atoms with Crippen molar-refractivity contribution in [1.29, 1.82) is 0 Å². The molecule has 33 heavy (non-hydrogen) atoms. The van der Waals surface area contributed by atoms with E-state index in [1.165, 1.54) is 75.6 Å². The summed E-state index contributed by atoms with van der Waals surface area (Å²) in [4.78, 5) is 17.8. The van der Waals surface area contributed by atoms with Gasteiger partial charge in [0.1, 0.15) is 0 Å². The van der Waals surface area contributed by atoms with Gasteiger partial charge in [-0.1, -0.05) is 94.3 Å². The fourth-order valence-electron chi connectivity index (χ4n) is 5.85. The van der Waals surface area contributed by atoms with Crippen LogP contribution in [0, 0.1) is 5.92 Å². The minimum Gasteiger partial charge on any atom is -0.294 e. The molecule has 3 atom stereocenters. The van der Waals surface area contributed by atoms with Crippen LogP contribution < -0.4 is 11.2 Å². The standard InChI is InChI=1S/C25H45N7O/c26-30-28-19-24-29-22-16-10-11-17-23(22)31(24)20-25(33)32(27)18-12-6-4-2-1-3-5-7-13-21-14-8-9-15-21/h10,16,21-24,29H,1-9,11-15,17-20,27H2.